The van der Waals surface area contributed by atoms with Gasteiger partial charge in [0.05, 0.1) is 0 Å². The van der Waals surface area contributed by atoms with Crippen molar-refractivity contribution in [3.8, 4) is 0 Å². The topological polar surface area (TPSA) is 61.4 Å². The maximum absolute atomic E-state index is 12.5. The maximum Gasteiger partial charge on any atom is 0.239 e. The Balaban J connectivity index is 1.98. The van der Waals surface area contributed by atoms with Crippen LogP contribution in [0, 0.1) is 19.8 Å². The van der Waals surface area contributed by atoms with Gasteiger partial charge in [0.1, 0.15) is 5.92 Å². The Kier molecular flexibility index (Phi) is 5.55. The smallest absolute Gasteiger partial charge is 0.239 e. The highest BCUT2D eigenvalue weighted by molar-refractivity contribution is 6.09. The van der Waals surface area contributed by atoms with E-state index in [0.29, 0.717) is 19.5 Å². The van der Waals surface area contributed by atoms with Crippen molar-refractivity contribution in [2.45, 2.75) is 26.7 Å². The van der Waals surface area contributed by atoms with Gasteiger partial charge < -0.3 is 15.5 Å². The van der Waals surface area contributed by atoms with E-state index < -0.39 is 5.92 Å². The molecule has 2 rings (SSSR count). The number of nitrogens with one attached hydrogen (secondary N) is 2. The molecule has 1 aliphatic rings. The number of carbonyl (C=O) groups excluding carboxylic acids is 2. The van der Waals surface area contributed by atoms with Crippen LogP contribution >= 0.6 is 0 Å². The Morgan fingerprint density at radius 1 is 1.23 bits per heavy atom. The van der Waals surface area contributed by atoms with Crippen LogP contribution in [0.4, 0.5) is 5.69 Å². The number of nitrogens with zero attached hydrogens (tertiary/aromatic N) is 1. The van der Waals surface area contributed by atoms with Gasteiger partial charge in [0.15, 0.2) is 0 Å². The van der Waals surface area contributed by atoms with Crippen molar-refractivity contribution in [1.29, 1.82) is 0 Å². The van der Waals surface area contributed by atoms with E-state index in [1.165, 1.54) is 0 Å². The molecule has 0 saturated carbocycles. The van der Waals surface area contributed by atoms with Gasteiger partial charge in [-0.15, -0.1) is 0 Å². The van der Waals surface area contributed by atoms with Gasteiger partial charge in [-0.1, -0.05) is 6.07 Å². The van der Waals surface area contributed by atoms with Gasteiger partial charge in [-0.3, -0.25) is 9.59 Å². The third-order valence-electron chi connectivity index (χ3n) is 3.94. The van der Waals surface area contributed by atoms with E-state index in [9.17, 15) is 9.59 Å². The van der Waals surface area contributed by atoms with Crippen molar-refractivity contribution in [3.05, 3.63) is 29.3 Å². The molecule has 1 saturated heterocycles. The summed E-state index contributed by atoms with van der Waals surface area (Å²) in [7, 11) is 1.88. The van der Waals surface area contributed by atoms with E-state index >= 15 is 0 Å². The normalized spacial score (nSPS) is 17.9. The molecule has 0 aliphatic carbocycles. The second-order valence-electron chi connectivity index (χ2n) is 5.93. The third kappa shape index (κ3) is 3.85. The minimum atomic E-state index is -0.546. The lowest BCUT2D eigenvalue weighted by molar-refractivity contribution is -0.132. The van der Waals surface area contributed by atoms with Crippen LogP contribution in [-0.4, -0.2) is 38.5 Å². The fourth-order valence-electron chi connectivity index (χ4n) is 2.89. The molecule has 1 heterocycles. The van der Waals surface area contributed by atoms with Crippen molar-refractivity contribution in [1.82, 2.24) is 10.6 Å². The molecule has 1 aromatic carbocycles. The average Bonchev–Trinajstić information content (AvgIpc) is 2.84. The first-order valence-electron chi connectivity index (χ1n) is 7.85. The highest BCUT2D eigenvalue weighted by atomic mass is 16.2. The summed E-state index contributed by atoms with van der Waals surface area (Å²) in [6.45, 7) is 6.10. The SMILES string of the molecule is CNCCCNC(=O)C1CCN(c2cc(C)cc(C)c2)C1=O. The van der Waals surface area contributed by atoms with E-state index in [1.807, 2.05) is 33.0 Å². The fraction of sp³-hybridized carbons (Fsp3) is 0.529. The van der Waals surface area contributed by atoms with Crippen molar-refractivity contribution in [3.63, 3.8) is 0 Å². The van der Waals surface area contributed by atoms with E-state index in [1.54, 1.807) is 4.90 Å². The first kappa shape index (κ1) is 16.5. The van der Waals surface area contributed by atoms with Crippen LogP contribution in [0.1, 0.15) is 24.0 Å². The number of anilines is 1. The number of rotatable bonds is 6. The van der Waals surface area contributed by atoms with E-state index in [2.05, 4.69) is 16.7 Å². The number of aryl methyl sites for hydroxylation is 2. The zero-order valence-corrected chi connectivity index (χ0v) is 13.6. The van der Waals surface area contributed by atoms with Gasteiger partial charge in [-0.05, 0) is 63.5 Å². The lowest BCUT2D eigenvalue weighted by Crippen LogP contribution is -2.37. The molecular weight excluding hydrogens is 278 g/mol. The molecule has 0 radical (unpaired) electrons. The van der Waals surface area contributed by atoms with E-state index in [0.717, 1.165) is 29.8 Å². The highest BCUT2D eigenvalue weighted by Gasteiger charge is 2.37. The number of hydrogen-bond donors (Lipinski definition) is 2. The van der Waals surface area contributed by atoms with Crippen LogP contribution in [0.2, 0.25) is 0 Å². The summed E-state index contributed by atoms with van der Waals surface area (Å²) in [4.78, 5) is 26.4. The summed E-state index contributed by atoms with van der Waals surface area (Å²) in [6, 6.07) is 6.08. The van der Waals surface area contributed by atoms with Gasteiger partial charge in [0.25, 0.3) is 0 Å². The lowest BCUT2D eigenvalue weighted by Gasteiger charge is -2.18. The zero-order chi connectivity index (χ0) is 16.1. The summed E-state index contributed by atoms with van der Waals surface area (Å²) in [5.74, 6) is -0.778. The number of amides is 2. The second-order valence-corrected chi connectivity index (χ2v) is 5.93. The molecule has 0 aromatic heterocycles. The lowest BCUT2D eigenvalue weighted by atomic mass is 10.1. The molecule has 1 atom stereocenters. The number of carbonyl (C=O) groups is 2. The first-order valence-corrected chi connectivity index (χ1v) is 7.85. The predicted molar refractivity (Wildman–Crippen MR) is 87.9 cm³/mol. The molecular formula is C17H25N3O2. The molecule has 0 spiro atoms. The third-order valence-corrected chi connectivity index (χ3v) is 3.94. The summed E-state index contributed by atoms with van der Waals surface area (Å²) >= 11 is 0. The standard InChI is InChI=1S/C17H25N3O2/c1-12-9-13(2)11-14(10-12)20-8-5-15(17(20)22)16(21)19-7-4-6-18-3/h9-11,15,18H,4-8H2,1-3H3,(H,19,21). The van der Waals surface area contributed by atoms with Crippen LogP contribution in [-0.2, 0) is 9.59 Å². The highest BCUT2D eigenvalue weighted by Crippen LogP contribution is 2.27. The molecule has 0 bridgehead atoms. The van der Waals surface area contributed by atoms with Crippen molar-refractivity contribution < 1.29 is 9.59 Å². The molecule has 5 heteroatoms. The van der Waals surface area contributed by atoms with Gasteiger partial charge in [0.2, 0.25) is 11.8 Å². The van der Waals surface area contributed by atoms with Crippen LogP contribution < -0.4 is 15.5 Å². The van der Waals surface area contributed by atoms with Gasteiger partial charge in [-0.2, -0.15) is 0 Å². The molecule has 2 amide bonds. The minimum absolute atomic E-state index is 0.0869. The Hall–Kier alpha value is -1.88. The molecule has 1 fully saturated rings. The van der Waals surface area contributed by atoms with E-state index in [4.69, 9.17) is 0 Å². The quantitative estimate of drug-likeness (QED) is 0.616. The fourth-order valence-corrected chi connectivity index (χ4v) is 2.89. The Bertz CT molecular complexity index is 537. The average molecular weight is 303 g/mol. The second kappa shape index (κ2) is 7.40. The largest absolute Gasteiger partial charge is 0.355 e. The van der Waals surface area contributed by atoms with Crippen molar-refractivity contribution in [2.24, 2.45) is 5.92 Å². The molecule has 2 N–H and O–H groups in total. The number of benzene rings is 1. The summed E-state index contributed by atoms with van der Waals surface area (Å²) in [5.41, 5.74) is 3.15. The summed E-state index contributed by atoms with van der Waals surface area (Å²) in [5, 5.41) is 5.89. The van der Waals surface area contributed by atoms with Gasteiger partial charge >= 0.3 is 0 Å². The van der Waals surface area contributed by atoms with E-state index in [-0.39, 0.29) is 11.8 Å². The minimum Gasteiger partial charge on any atom is -0.355 e. The molecule has 22 heavy (non-hydrogen) atoms. The van der Waals surface area contributed by atoms with Crippen LogP contribution in [0.3, 0.4) is 0 Å². The molecule has 1 unspecified atom stereocenters. The van der Waals surface area contributed by atoms with Crippen molar-refractivity contribution in [2.75, 3.05) is 31.6 Å². The zero-order valence-electron chi connectivity index (χ0n) is 13.6. The molecule has 1 aliphatic heterocycles. The Morgan fingerprint density at radius 2 is 1.91 bits per heavy atom. The maximum atomic E-state index is 12.5. The van der Waals surface area contributed by atoms with Gasteiger partial charge in [-0.25, -0.2) is 0 Å². The summed E-state index contributed by atoms with van der Waals surface area (Å²) < 4.78 is 0. The van der Waals surface area contributed by atoms with Gasteiger partial charge in [0, 0.05) is 18.8 Å². The molecule has 120 valence electrons. The molecule has 5 nitrogen and oxygen atoms in total. The molecule has 1 aromatic rings. The van der Waals surface area contributed by atoms with Crippen molar-refractivity contribution >= 4 is 17.5 Å². The Labute approximate surface area is 132 Å². The summed E-state index contributed by atoms with van der Waals surface area (Å²) in [6.07, 6.45) is 1.45. The monoisotopic (exact) mass is 303 g/mol. The Morgan fingerprint density at radius 3 is 2.55 bits per heavy atom. The number of hydrogen-bond acceptors (Lipinski definition) is 3. The van der Waals surface area contributed by atoms with Crippen LogP contribution in [0.5, 0.6) is 0 Å². The predicted octanol–water partition coefficient (Wildman–Crippen LogP) is 1.38. The first-order chi connectivity index (χ1) is 10.5. The van der Waals surface area contributed by atoms with Crippen LogP contribution in [0.25, 0.3) is 0 Å². The van der Waals surface area contributed by atoms with Crippen LogP contribution in [0.15, 0.2) is 18.2 Å².